The molecule has 0 saturated heterocycles. The molecule has 5 nitrogen and oxygen atoms in total. The Hall–Kier alpha value is -1.92. The van der Waals surface area contributed by atoms with Gasteiger partial charge in [-0.3, -0.25) is 4.79 Å². The molecule has 0 unspecified atom stereocenters. The lowest BCUT2D eigenvalue weighted by atomic mass is 10.2. The van der Waals surface area contributed by atoms with E-state index in [2.05, 4.69) is 26.2 Å². The molecule has 1 aromatic heterocycles. The molecule has 0 spiro atoms. The summed E-state index contributed by atoms with van der Waals surface area (Å²) < 4.78 is 0.510. The topological polar surface area (TPSA) is 79.3 Å². The summed E-state index contributed by atoms with van der Waals surface area (Å²) in [5.41, 5.74) is 0.252. The smallest absolute Gasteiger partial charge is 0.339 e. The van der Waals surface area contributed by atoms with E-state index >= 15 is 0 Å². The van der Waals surface area contributed by atoms with Crippen LogP contribution in [0.25, 0.3) is 0 Å². The van der Waals surface area contributed by atoms with Crippen molar-refractivity contribution in [1.29, 1.82) is 0 Å². The molecule has 2 N–H and O–H groups in total. The van der Waals surface area contributed by atoms with E-state index in [1.165, 1.54) is 24.4 Å². The van der Waals surface area contributed by atoms with E-state index in [4.69, 9.17) is 16.7 Å². The van der Waals surface area contributed by atoms with Crippen LogP contribution in [0.3, 0.4) is 0 Å². The van der Waals surface area contributed by atoms with Crippen molar-refractivity contribution in [3.05, 3.63) is 57.2 Å². The number of anilines is 1. The Morgan fingerprint density at radius 3 is 2.65 bits per heavy atom. The van der Waals surface area contributed by atoms with Crippen molar-refractivity contribution in [2.45, 2.75) is 0 Å². The van der Waals surface area contributed by atoms with Crippen LogP contribution in [0.4, 0.5) is 5.82 Å². The first-order valence-electron chi connectivity index (χ1n) is 5.44. The van der Waals surface area contributed by atoms with Crippen molar-refractivity contribution in [1.82, 2.24) is 4.98 Å². The predicted octanol–water partition coefficient (Wildman–Crippen LogP) is 3.45. The van der Waals surface area contributed by atoms with Crippen LogP contribution >= 0.6 is 27.5 Å². The average Bonchev–Trinajstić information content (AvgIpc) is 2.38. The number of amides is 1. The van der Waals surface area contributed by atoms with Gasteiger partial charge in [0.15, 0.2) is 0 Å². The minimum atomic E-state index is -1.16. The van der Waals surface area contributed by atoms with Gasteiger partial charge in [0.05, 0.1) is 5.56 Å². The molecule has 7 heteroatoms. The molecule has 0 aliphatic rings. The summed E-state index contributed by atoms with van der Waals surface area (Å²) in [4.78, 5) is 27.0. The number of nitrogens with one attached hydrogen (secondary N) is 1. The Kier molecular flexibility index (Phi) is 4.36. The summed E-state index contributed by atoms with van der Waals surface area (Å²) in [5, 5.41) is 12.0. The predicted molar refractivity (Wildman–Crippen MR) is 78.3 cm³/mol. The van der Waals surface area contributed by atoms with Gasteiger partial charge in [0, 0.05) is 15.7 Å². The standard InChI is InChI=1S/C13H8BrClN2O3/c14-10-6-7(15)3-4-8(10)12(18)17-11-9(13(19)20)2-1-5-16-11/h1-6H,(H,19,20)(H,16,17,18). The summed E-state index contributed by atoms with van der Waals surface area (Å²) >= 11 is 9.02. The maximum Gasteiger partial charge on any atom is 0.339 e. The van der Waals surface area contributed by atoms with Crippen LogP contribution in [-0.4, -0.2) is 22.0 Å². The number of hydrogen-bond acceptors (Lipinski definition) is 3. The molecule has 102 valence electrons. The van der Waals surface area contributed by atoms with E-state index < -0.39 is 11.9 Å². The number of aromatic carboxylic acids is 1. The number of halogens is 2. The summed E-state index contributed by atoms with van der Waals surface area (Å²) in [6, 6.07) is 7.52. The van der Waals surface area contributed by atoms with Gasteiger partial charge in [-0.2, -0.15) is 0 Å². The summed E-state index contributed by atoms with van der Waals surface area (Å²) in [6.45, 7) is 0. The molecule has 0 aliphatic carbocycles. The molecule has 1 amide bonds. The molecule has 1 heterocycles. The number of carbonyl (C=O) groups excluding carboxylic acids is 1. The van der Waals surface area contributed by atoms with E-state index in [0.717, 1.165) is 0 Å². The first kappa shape index (κ1) is 14.5. The SMILES string of the molecule is O=C(Nc1ncccc1C(=O)O)c1ccc(Cl)cc1Br. The highest BCUT2D eigenvalue weighted by molar-refractivity contribution is 9.10. The summed E-state index contributed by atoms with van der Waals surface area (Å²) in [5.74, 6) is -1.65. The normalized spacial score (nSPS) is 10.1. The van der Waals surface area contributed by atoms with Crippen molar-refractivity contribution in [3.8, 4) is 0 Å². The molecule has 0 atom stereocenters. The minimum absolute atomic E-state index is 0.00755. The fourth-order valence-electron chi connectivity index (χ4n) is 1.53. The third-order valence-electron chi connectivity index (χ3n) is 2.45. The van der Waals surface area contributed by atoms with Gasteiger partial charge in [0.25, 0.3) is 5.91 Å². The van der Waals surface area contributed by atoms with Gasteiger partial charge in [-0.15, -0.1) is 0 Å². The maximum absolute atomic E-state index is 12.1. The lowest BCUT2D eigenvalue weighted by Gasteiger charge is -2.08. The van der Waals surface area contributed by atoms with Crippen molar-refractivity contribution in [3.63, 3.8) is 0 Å². The van der Waals surface area contributed by atoms with Gasteiger partial charge < -0.3 is 10.4 Å². The molecule has 0 fully saturated rings. The Morgan fingerprint density at radius 2 is 2.00 bits per heavy atom. The highest BCUT2D eigenvalue weighted by Gasteiger charge is 2.16. The van der Waals surface area contributed by atoms with E-state index in [1.807, 2.05) is 0 Å². The van der Waals surface area contributed by atoms with E-state index in [-0.39, 0.29) is 11.4 Å². The number of carbonyl (C=O) groups is 2. The molecule has 2 rings (SSSR count). The van der Waals surface area contributed by atoms with Gasteiger partial charge in [-0.1, -0.05) is 11.6 Å². The van der Waals surface area contributed by atoms with Gasteiger partial charge in [0.1, 0.15) is 11.4 Å². The second-order valence-electron chi connectivity index (χ2n) is 3.78. The first-order chi connectivity index (χ1) is 9.49. The quantitative estimate of drug-likeness (QED) is 0.884. The lowest BCUT2D eigenvalue weighted by Crippen LogP contribution is -2.16. The fourth-order valence-corrected chi connectivity index (χ4v) is 2.39. The zero-order valence-electron chi connectivity index (χ0n) is 9.93. The zero-order chi connectivity index (χ0) is 14.7. The van der Waals surface area contributed by atoms with Crippen LogP contribution in [-0.2, 0) is 0 Å². The second kappa shape index (κ2) is 6.02. The monoisotopic (exact) mass is 354 g/mol. The van der Waals surface area contributed by atoms with Crippen molar-refractivity contribution in [2.24, 2.45) is 0 Å². The number of carboxylic acids is 1. The molecule has 0 bridgehead atoms. The second-order valence-corrected chi connectivity index (χ2v) is 5.07. The molecule has 1 aromatic carbocycles. The minimum Gasteiger partial charge on any atom is -0.478 e. The third kappa shape index (κ3) is 3.15. The van der Waals surface area contributed by atoms with E-state index in [1.54, 1.807) is 12.1 Å². The number of nitrogens with zero attached hydrogens (tertiary/aromatic N) is 1. The number of benzene rings is 1. The number of rotatable bonds is 3. The van der Waals surface area contributed by atoms with E-state index in [0.29, 0.717) is 15.1 Å². The third-order valence-corrected chi connectivity index (χ3v) is 3.34. The Bertz CT molecular complexity index is 691. The highest BCUT2D eigenvalue weighted by atomic mass is 79.9. The molecule has 20 heavy (non-hydrogen) atoms. The first-order valence-corrected chi connectivity index (χ1v) is 6.61. The van der Waals surface area contributed by atoms with Gasteiger partial charge >= 0.3 is 5.97 Å². The highest BCUT2D eigenvalue weighted by Crippen LogP contribution is 2.23. The molecular formula is C13H8BrClN2O3. The molecule has 2 aromatic rings. The van der Waals surface area contributed by atoms with Crippen molar-refractivity contribution < 1.29 is 14.7 Å². The Balaban J connectivity index is 2.30. The maximum atomic E-state index is 12.1. The largest absolute Gasteiger partial charge is 0.478 e. The molecular weight excluding hydrogens is 348 g/mol. The Morgan fingerprint density at radius 1 is 1.25 bits per heavy atom. The van der Waals surface area contributed by atoms with Crippen molar-refractivity contribution >= 4 is 45.2 Å². The molecule has 0 aliphatic heterocycles. The lowest BCUT2D eigenvalue weighted by molar-refractivity contribution is 0.0697. The molecule has 0 radical (unpaired) electrons. The van der Waals surface area contributed by atoms with E-state index in [9.17, 15) is 9.59 Å². The van der Waals surface area contributed by atoms with Crippen LogP contribution in [0.15, 0.2) is 41.0 Å². The zero-order valence-corrected chi connectivity index (χ0v) is 12.3. The number of aromatic nitrogens is 1. The average molecular weight is 356 g/mol. The summed E-state index contributed by atoms with van der Waals surface area (Å²) in [6.07, 6.45) is 1.40. The number of hydrogen-bond donors (Lipinski definition) is 2. The Labute approximate surface area is 127 Å². The fraction of sp³-hybridized carbons (Fsp3) is 0. The van der Waals surface area contributed by atoms with Crippen LogP contribution in [0.1, 0.15) is 20.7 Å². The van der Waals surface area contributed by atoms with Crippen LogP contribution in [0.5, 0.6) is 0 Å². The van der Waals surface area contributed by atoms with Gasteiger partial charge in [-0.05, 0) is 46.3 Å². The number of pyridine rings is 1. The summed E-state index contributed by atoms with van der Waals surface area (Å²) in [7, 11) is 0. The molecule has 0 saturated carbocycles. The van der Waals surface area contributed by atoms with Crippen molar-refractivity contribution in [2.75, 3.05) is 5.32 Å². The van der Waals surface area contributed by atoms with Crippen LogP contribution in [0, 0.1) is 0 Å². The van der Waals surface area contributed by atoms with Gasteiger partial charge in [0.2, 0.25) is 0 Å². The van der Waals surface area contributed by atoms with Gasteiger partial charge in [-0.25, -0.2) is 9.78 Å². The van der Waals surface area contributed by atoms with Crippen LogP contribution in [0.2, 0.25) is 5.02 Å². The van der Waals surface area contributed by atoms with Crippen LogP contribution < -0.4 is 5.32 Å². The number of carboxylic acid groups (broad SMARTS) is 1.